The number of amides is 1. The number of hydrogen-bond acceptors (Lipinski definition) is 2. The Balaban J connectivity index is 2.01. The fraction of sp³-hybridized carbons (Fsp3) is 0.222. The first-order chi connectivity index (χ1) is 10.6. The highest BCUT2D eigenvalue weighted by Crippen LogP contribution is 2.37. The largest absolute Gasteiger partial charge is 0.480 e. The molecule has 3 rings (SSSR count). The molecule has 0 radical (unpaired) electrons. The molecule has 0 saturated carbocycles. The highest BCUT2D eigenvalue weighted by Gasteiger charge is 2.45. The maximum absolute atomic E-state index is 12.4. The van der Waals surface area contributed by atoms with Gasteiger partial charge >= 0.3 is 5.97 Å². The maximum Gasteiger partial charge on any atom is 0.327 e. The molecule has 0 aliphatic carbocycles. The number of aryl methyl sites for hydroxylation is 1. The van der Waals surface area contributed by atoms with Crippen LogP contribution in [-0.4, -0.2) is 23.0 Å². The third-order valence-corrected chi connectivity index (χ3v) is 4.12. The first-order valence-corrected chi connectivity index (χ1v) is 7.24. The molecular formula is C18H17NO3. The minimum atomic E-state index is -0.972. The minimum Gasteiger partial charge on any atom is -0.480 e. The van der Waals surface area contributed by atoms with Crippen LogP contribution in [0.1, 0.15) is 23.5 Å². The lowest BCUT2D eigenvalue weighted by atomic mass is 9.91. The predicted octanol–water partition coefficient (Wildman–Crippen LogP) is 2.97. The molecule has 2 aromatic carbocycles. The van der Waals surface area contributed by atoms with E-state index in [1.807, 2.05) is 49.4 Å². The number of nitrogens with zero attached hydrogens (tertiary/aromatic N) is 1. The quantitative estimate of drug-likeness (QED) is 0.947. The molecule has 0 bridgehead atoms. The van der Waals surface area contributed by atoms with Gasteiger partial charge in [0.2, 0.25) is 5.91 Å². The van der Waals surface area contributed by atoms with Crippen LogP contribution in [0, 0.1) is 6.92 Å². The van der Waals surface area contributed by atoms with Gasteiger partial charge in [-0.15, -0.1) is 0 Å². The number of rotatable bonds is 3. The van der Waals surface area contributed by atoms with Crippen LogP contribution in [0.5, 0.6) is 0 Å². The average molecular weight is 295 g/mol. The molecule has 2 aromatic rings. The van der Waals surface area contributed by atoms with E-state index in [0.717, 1.165) is 11.1 Å². The summed E-state index contributed by atoms with van der Waals surface area (Å²) in [6, 6.07) is 15.9. The summed E-state index contributed by atoms with van der Waals surface area (Å²) in [5.41, 5.74) is 2.60. The van der Waals surface area contributed by atoms with E-state index in [1.54, 1.807) is 12.1 Å². The van der Waals surface area contributed by atoms with Crippen molar-refractivity contribution in [3.8, 4) is 0 Å². The van der Waals surface area contributed by atoms with Gasteiger partial charge in [-0.2, -0.15) is 0 Å². The summed E-state index contributed by atoms with van der Waals surface area (Å²) in [6.07, 6.45) is 0.217. The van der Waals surface area contributed by atoms with Crippen LogP contribution in [-0.2, 0) is 9.59 Å². The van der Waals surface area contributed by atoms with Crippen molar-refractivity contribution in [2.24, 2.45) is 0 Å². The van der Waals surface area contributed by atoms with E-state index >= 15 is 0 Å². The van der Waals surface area contributed by atoms with Gasteiger partial charge in [-0.3, -0.25) is 9.69 Å². The van der Waals surface area contributed by atoms with Crippen molar-refractivity contribution in [1.29, 1.82) is 0 Å². The Morgan fingerprint density at radius 1 is 1.09 bits per heavy atom. The Morgan fingerprint density at radius 3 is 2.32 bits per heavy atom. The van der Waals surface area contributed by atoms with Gasteiger partial charge < -0.3 is 5.11 Å². The van der Waals surface area contributed by atoms with Crippen molar-refractivity contribution >= 4 is 17.6 Å². The average Bonchev–Trinajstić information content (AvgIpc) is 2.87. The zero-order valence-electron chi connectivity index (χ0n) is 12.3. The monoisotopic (exact) mass is 295 g/mol. The Kier molecular flexibility index (Phi) is 3.67. The first-order valence-electron chi connectivity index (χ1n) is 7.24. The zero-order chi connectivity index (χ0) is 15.7. The molecule has 0 spiro atoms. The Labute approximate surface area is 129 Å². The maximum atomic E-state index is 12.4. The van der Waals surface area contributed by atoms with Gasteiger partial charge in [0.15, 0.2) is 0 Å². The summed E-state index contributed by atoms with van der Waals surface area (Å²) in [5.74, 6) is -1.45. The third-order valence-electron chi connectivity index (χ3n) is 4.12. The summed E-state index contributed by atoms with van der Waals surface area (Å²) < 4.78 is 0. The summed E-state index contributed by atoms with van der Waals surface area (Å²) in [4.78, 5) is 25.6. The summed E-state index contributed by atoms with van der Waals surface area (Å²) in [7, 11) is 0. The molecule has 0 unspecified atom stereocenters. The summed E-state index contributed by atoms with van der Waals surface area (Å²) in [6.45, 7) is 1.96. The van der Waals surface area contributed by atoms with E-state index in [0.29, 0.717) is 5.69 Å². The number of hydrogen-bond donors (Lipinski definition) is 1. The number of carboxylic acids is 1. The molecule has 1 saturated heterocycles. The SMILES string of the molecule is Cc1ccc(N2C(=O)C[C@@H](c3ccccc3)[C@@H]2C(=O)O)cc1. The predicted molar refractivity (Wildman–Crippen MR) is 83.9 cm³/mol. The van der Waals surface area contributed by atoms with Crippen molar-refractivity contribution in [2.75, 3.05) is 4.90 Å². The van der Waals surface area contributed by atoms with Crippen LogP contribution in [0.4, 0.5) is 5.69 Å². The van der Waals surface area contributed by atoms with Crippen molar-refractivity contribution in [3.05, 3.63) is 65.7 Å². The highest BCUT2D eigenvalue weighted by molar-refractivity contribution is 6.03. The van der Waals surface area contributed by atoms with E-state index in [4.69, 9.17) is 0 Å². The number of carboxylic acid groups (broad SMARTS) is 1. The Bertz CT molecular complexity index is 694. The molecule has 1 aliphatic rings. The van der Waals surface area contributed by atoms with Crippen LogP contribution in [0.25, 0.3) is 0 Å². The van der Waals surface area contributed by atoms with Crippen LogP contribution >= 0.6 is 0 Å². The van der Waals surface area contributed by atoms with Gasteiger partial charge in [-0.05, 0) is 24.6 Å². The number of carbonyl (C=O) groups excluding carboxylic acids is 1. The van der Waals surface area contributed by atoms with Crippen LogP contribution in [0.3, 0.4) is 0 Å². The number of aliphatic carboxylic acids is 1. The molecule has 1 aliphatic heterocycles. The lowest BCUT2D eigenvalue weighted by Crippen LogP contribution is -2.40. The number of carbonyl (C=O) groups is 2. The van der Waals surface area contributed by atoms with E-state index in [2.05, 4.69) is 0 Å². The second-order valence-electron chi connectivity index (χ2n) is 5.60. The minimum absolute atomic E-state index is 0.148. The van der Waals surface area contributed by atoms with Gasteiger partial charge in [0.25, 0.3) is 0 Å². The third kappa shape index (κ3) is 2.48. The molecule has 1 amide bonds. The molecule has 1 fully saturated rings. The van der Waals surface area contributed by atoms with E-state index in [1.165, 1.54) is 4.90 Å². The first kappa shape index (κ1) is 14.3. The molecule has 112 valence electrons. The van der Waals surface area contributed by atoms with Crippen molar-refractivity contribution in [3.63, 3.8) is 0 Å². The van der Waals surface area contributed by atoms with E-state index < -0.39 is 12.0 Å². The van der Waals surface area contributed by atoms with E-state index in [-0.39, 0.29) is 18.2 Å². The second-order valence-corrected chi connectivity index (χ2v) is 5.60. The fourth-order valence-corrected chi connectivity index (χ4v) is 3.03. The molecule has 22 heavy (non-hydrogen) atoms. The molecule has 4 heteroatoms. The van der Waals surface area contributed by atoms with Gasteiger partial charge in [0, 0.05) is 18.0 Å². The molecule has 4 nitrogen and oxygen atoms in total. The second kappa shape index (κ2) is 5.64. The molecule has 2 atom stereocenters. The lowest BCUT2D eigenvalue weighted by Gasteiger charge is -2.25. The van der Waals surface area contributed by atoms with Crippen LogP contribution < -0.4 is 4.90 Å². The topological polar surface area (TPSA) is 57.6 Å². The molecule has 1 heterocycles. The van der Waals surface area contributed by atoms with E-state index in [9.17, 15) is 14.7 Å². The molecule has 0 aromatic heterocycles. The summed E-state index contributed by atoms with van der Waals surface area (Å²) in [5, 5.41) is 9.66. The Morgan fingerprint density at radius 2 is 1.73 bits per heavy atom. The van der Waals surface area contributed by atoms with Gasteiger partial charge in [-0.25, -0.2) is 4.79 Å². The Hall–Kier alpha value is -2.62. The highest BCUT2D eigenvalue weighted by atomic mass is 16.4. The molecular weight excluding hydrogens is 278 g/mol. The van der Waals surface area contributed by atoms with Crippen molar-refractivity contribution in [1.82, 2.24) is 0 Å². The number of anilines is 1. The van der Waals surface area contributed by atoms with Crippen molar-refractivity contribution in [2.45, 2.75) is 25.3 Å². The molecule has 1 N–H and O–H groups in total. The van der Waals surface area contributed by atoms with Gasteiger partial charge in [0.1, 0.15) is 6.04 Å². The standard InChI is InChI=1S/C18H17NO3/c1-12-7-9-14(10-8-12)19-16(20)11-15(17(19)18(21)22)13-5-3-2-4-6-13/h2-10,15,17H,11H2,1H3,(H,21,22)/t15-,17+/m0/s1. The van der Waals surface area contributed by atoms with Gasteiger partial charge in [-0.1, -0.05) is 48.0 Å². The zero-order valence-corrected chi connectivity index (χ0v) is 12.3. The van der Waals surface area contributed by atoms with Gasteiger partial charge in [0.05, 0.1) is 0 Å². The smallest absolute Gasteiger partial charge is 0.327 e. The van der Waals surface area contributed by atoms with Crippen LogP contribution in [0.15, 0.2) is 54.6 Å². The van der Waals surface area contributed by atoms with Crippen LogP contribution in [0.2, 0.25) is 0 Å². The fourth-order valence-electron chi connectivity index (χ4n) is 3.03. The summed E-state index contributed by atoms with van der Waals surface area (Å²) >= 11 is 0. The normalized spacial score (nSPS) is 21.1. The van der Waals surface area contributed by atoms with Crippen molar-refractivity contribution < 1.29 is 14.7 Å². The number of benzene rings is 2. The lowest BCUT2D eigenvalue weighted by molar-refractivity contribution is -0.139.